The molecule has 0 saturated carbocycles. The number of alkyl halides is 2. The third-order valence-electron chi connectivity index (χ3n) is 16.3. The van der Waals surface area contributed by atoms with Crippen LogP contribution in [0.3, 0.4) is 0 Å². The SMILES string of the molecule is CC(C)(C)OC(=O)N(CCOc1ccc(F)c(Cl)c1C=O)C(=O)OC(C)(C)C.CN(Cc1c(OCCN(C(=O)OC(C)(C)C)C(=O)OC(C)(C)C)ccc(F)c1Cl)c1ccc2ncc(Br)n2n1.CN(Cc1c(OCCN)ccc(F)c1Cl)c1ccc2ncc(Br)n2n1.CNCc1c(OCCN(C(=O)OC(C)(C)C)C(=O)OC(C)(C)C)ccc(F)c1Cl.ClCCl.Clc1ccc2ncc(Br)n2n1.[B].[H-].[Na+]. The number of carbonyl (C=O) groups is 7. The number of aldehydes is 1. The zero-order chi connectivity index (χ0) is 102. The summed E-state index contributed by atoms with van der Waals surface area (Å²) in [5, 5.41) is 16.1. The number of imide groups is 3. The molecule has 4 aromatic carbocycles. The Labute approximate surface area is 878 Å². The first-order chi connectivity index (χ1) is 62.7. The molecule has 0 saturated heterocycles. The molecule has 6 aromatic heterocycles. The van der Waals surface area contributed by atoms with Gasteiger partial charge in [0.1, 0.15) is 137 Å². The summed E-state index contributed by atoms with van der Waals surface area (Å²) < 4.78 is 117. The molecule has 10 aromatic rings. The number of fused-ring (bicyclic) bond motifs is 3. The molecule has 0 spiro atoms. The van der Waals surface area contributed by atoms with E-state index in [4.69, 9.17) is 134 Å². The molecular weight excluding hydrogens is 2150 g/mol. The van der Waals surface area contributed by atoms with Crippen molar-refractivity contribution < 1.29 is 129 Å². The third kappa shape index (κ3) is 40.6. The van der Waals surface area contributed by atoms with E-state index in [0.717, 1.165) is 41.3 Å². The van der Waals surface area contributed by atoms with Crippen molar-refractivity contribution >= 4 is 209 Å². The van der Waals surface area contributed by atoms with Crippen molar-refractivity contribution in [3.63, 3.8) is 0 Å². The fourth-order valence-electron chi connectivity index (χ4n) is 10.7. The summed E-state index contributed by atoms with van der Waals surface area (Å²) in [4.78, 5) is 105. The van der Waals surface area contributed by atoms with E-state index in [9.17, 15) is 51.1 Å². The summed E-state index contributed by atoms with van der Waals surface area (Å²) in [6.45, 7) is 30.8. The Bertz CT molecular complexity index is 5640. The van der Waals surface area contributed by atoms with Gasteiger partial charge in [-0.05, 0) is 264 Å². The number of carbonyl (C=O) groups excluding carboxylic acids is 7. The summed E-state index contributed by atoms with van der Waals surface area (Å²) in [6, 6.07) is 21.2. The van der Waals surface area contributed by atoms with Crippen LogP contribution >= 0.6 is 129 Å². The number of hydrogen-bond acceptors (Lipinski definition) is 27. The molecule has 49 heteroatoms. The van der Waals surface area contributed by atoms with E-state index < -0.39 is 93.4 Å². The van der Waals surface area contributed by atoms with Crippen LogP contribution in [0.2, 0.25) is 25.2 Å². The summed E-state index contributed by atoms with van der Waals surface area (Å²) in [5.41, 5.74) is 3.94. The predicted octanol–water partition coefficient (Wildman–Crippen LogP) is 19.6. The van der Waals surface area contributed by atoms with Gasteiger partial charge < -0.3 is 69.6 Å². The van der Waals surface area contributed by atoms with Gasteiger partial charge in [0.2, 0.25) is 0 Å². The summed E-state index contributed by atoms with van der Waals surface area (Å²) in [5.74, 6) is -0.0180. The molecule has 6 heterocycles. The van der Waals surface area contributed by atoms with Crippen molar-refractivity contribution in [1.29, 1.82) is 0 Å². The Balaban J connectivity index is 0.000000594. The van der Waals surface area contributed by atoms with Crippen LogP contribution in [0, 0.1) is 23.3 Å². The standard InChI is InChI=1S/C26H32BrClFN5O5.C20H30ClFN2O5.C19H25ClFNO6.C16H16BrClFN5O.C6H3BrClN3.CH2Cl2.B.Na.H/c1-25(2,3)38-23(35)33(24(36)39-26(4,5)6)12-13-37-18-9-8-17(29)22(28)16(18)15-32(7)21-11-10-20-30-14-19(27)34(20)31-21;1-19(2,3)28-17(25)24(18(26)29-20(4,5)6)10-11-27-15-9-8-14(22)16(21)13(15)12-23-7;1-18(2,3)27-16(24)22(17(25)28-19(4,5)6)9-10-26-14-8-7-13(21)15(20)12(14)11-23;1-23(15-5-4-14-21-8-13(17)24(14)22-15)9-10-12(25-7-6-20)3-2-11(19)16(10)18;7-4-3-9-6-2-1-5(8)10-11(4)6;2-1-3;;;/h8-11,14H,12-13,15H2,1-7H3;8-9,23H,10-12H2,1-7H3;7-8,11H,9-10H2,1-6H3;2-5,8H,6-7,9,20H2,1H3;1-3H;1H2;;;/q;;;;;;;+1;-1. The van der Waals surface area contributed by atoms with Crippen molar-refractivity contribution in [3.05, 3.63) is 188 Å². The fraction of sp³-hybridized carbons (Fsp3) is 0.443. The molecule has 33 nitrogen and oxygen atoms in total. The molecule has 10 rings (SSSR count). The van der Waals surface area contributed by atoms with Crippen LogP contribution in [0.5, 0.6) is 23.0 Å². The van der Waals surface area contributed by atoms with Crippen LogP contribution in [-0.2, 0) is 48.1 Å². The number of rotatable bonds is 24. The Kier molecular flexibility index (Phi) is 49.9. The van der Waals surface area contributed by atoms with Gasteiger partial charge in [0, 0.05) is 65.4 Å². The number of nitrogens with zero attached hydrogens (tertiary/aromatic N) is 14. The average Bonchev–Trinajstić information content (AvgIpc) is 1.54. The van der Waals surface area contributed by atoms with Gasteiger partial charge in [-0.15, -0.1) is 33.4 Å². The van der Waals surface area contributed by atoms with Gasteiger partial charge in [-0.1, -0.05) is 58.0 Å². The zero-order valence-electron chi connectivity index (χ0n) is 80.5. The zero-order valence-corrected chi connectivity index (χ0v) is 91.6. The molecule has 0 unspecified atom stereocenters. The van der Waals surface area contributed by atoms with Crippen LogP contribution in [0.25, 0.3) is 16.9 Å². The second-order valence-electron chi connectivity index (χ2n) is 34.4. The van der Waals surface area contributed by atoms with E-state index in [1.807, 2.05) is 24.1 Å². The molecule has 6 amide bonds. The number of ether oxygens (including phenoxy) is 10. The molecule has 3 radical (unpaired) electrons. The molecule has 0 bridgehead atoms. The average molecular weight is 2260 g/mol. The van der Waals surface area contributed by atoms with Crippen molar-refractivity contribution in [2.45, 2.75) is 178 Å². The third-order valence-corrected chi connectivity index (χ3v) is 19.7. The second-order valence-corrected chi connectivity index (χ2v) is 39.5. The second kappa shape index (κ2) is 55.7. The largest absolute Gasteiger partial charge is 1.00 e. The first-order valence-electron chi connectivity index (χ1n) is 40.9. The Morgan fingerprint density at radius 2 is 0.686 bits per heavy atom. The van der Waals surface area contributed by atoms with Gasteiger partial charge in [0.05, 0.1) is 69.2 Å². The number of halogens is 14. The van der Waals surface area contributed by atoms with Gasteiger partial charge in [-0.2, -0.15) is 5.10 Å². The molecule has 0 aliphatic carbocycles. The molecule has 0 atom stereocenters. The summed E-state index contributed by atoms with van der Waals surface area (Å²) >= 11 is 49.5. The maximum Gasteiger partial charge on any atom is 1.00 e. The van der Waals surface area contributed by atoms with E-state index in [1.165, 1.54) is 36.4 Å². The van der Waals surface area contributed by atoms with E-state index in [1.54, 1.807) is 206 Å². The predicted molar refractivity (Wildman–Crippen MR) is 527 cm³/mol. The minimum absolute atomic E-state index is 0. The number of nitrogens with one attached hydrogen (secondary N) is 1. The fourth-order valence-corrected chi connectivity index (χ4v) is 12.8. The Morgan fingerprint density at radius 3 is 0.978 bits per heavy atom. The van der Waals surface area contributed by atoms with Crippen molar-refractivity contribution in [2.75, 3.05) is 88.9 Å². The van der Waals surface area contributed by atoms with E-state index in [2.05, 4.69) is 83.4 Å². The Morgan fingerprint density at radius 1 is 0.423 bits per heavy atom. The van der Waals surface area contributed by atoms with Crippen LogP contribution < -0.4 is 69.4 Å². The molecule has 137 heavy (non-hydrogen) atoms. The maximum atomic E-state index is 14.4. The number of nitrogens with two attached hydrogens (primary N) is 1. The number of aromatic nitrogens is 9. The maximum absolute atomic E-state index is 14.4. The van der Waals surface area contributed by atoms with Crippen LogP contribution in [0.1, 0.15) is 153 Å². The minimum atomic E-state index is -0.905. The van der Waals surface area contributed by atoms with E-state index in [-0.39, 0.29) is 134 Å². The topological polar surface area (TPSA) is 357 Å². The summed E-state index contributed by atoms with van der Waals surface area (Å²) in [7, 11) is 5.31. The number of hydrogen-bond donors (Lipinski definition) is 2. The number of anilines is 2. The van der Waals surface area contributed by atoms with Gasteiger partial charge in [-0.25, -0.2) is 89.5 Å². The van der Waals surface area contributed by atoms with Crippen LogP contribution in [0.4, 0.5) is 58.0 Å². The number of amides is 6. The minimum Gasteiger partial charge on any atom is -1.00 e. The molecular formula is C88H109BBr3Cl7F4N16NaO17. The quantitative estimate of drug-likeness (QED) is 0.0186. The van der Waals surface area contributed by atoms with Gasteiger partial charge in [0.25, 0.3) is 0 Å². The van der Waals surface area contributed by atoms with Gasteiger partial charge >= 0.3 is 66.1 Å². The molecule has 745 valence electrons. The number of benzene rings is 4. The van der Waals surface area contributed by atoms with Crippen LogP contribution in [0.15, 0.2) is 117 Å². The van der Waals surface area contributed by atoms with Gasteiger partial charge in [-0.3, -0.25) is 4.79 Å². The molecule has 3 N–H and O–H groups in total. The monoisotopic (exact) mass is 2250 g/mol. The van der Waals surface area contributed by atoms with Crippen molar-refractivity contribution in [2.24, 2.45) is 5.73 Å². The van der Waals surface area contributed by atoms with E-state index >= 15 is 0 Å². The first-order valence-corrected chi connectivity index (χ1v) is 46.2. The first kappa shape index (κ1) is 123. The normalized spacial score (nSPS) is 11.2. The smallest absolute Gasteiger partial charge is 1.00 e. The van der Waals surface area contributed by atoms with Crippen LogP contribution in [-0.4, -0.2) is 222 Å². The molecule has 0 aliphatic heterocycles. The Hall–Kier alpha value is -8.40. The van der Waals surface area contributed by atoms with Gasteiger partial charge in [0.15, 0.2) is 23.2 Å². The molecule has 0 fully saturated rings. The van der Waals surface area contributed by atoms with E-state index in [0.29, 0.717) is 81.2 Å². The number of imidazole rings is 3. The summed E-state index contributed by atoms with van der Waals surface area (Å²) in [6.07, 6.45) is 0.114. The van der Waals surface area contributed by atoms with Crippen molar-refractivity contribution in [1.82, 2.24) is 63.8 Å². The van der Waals surface area contributed by atoms with Crippen molar-refractivity contribution in [3.8, 4) is 23.0 Å². The molecule has 0 aliphatic rings.